The van der Waals surface area contributed by atoms with Gasteiger partial charge in [-0.2, -0.15) is 0 Å². The average Bonchev–Trinajstić information content (AvgIpc) is 2.47. The van der Waals surface area contributed by atoms with Gasteiger partial charge in [-0.15, -0.1) is 0 Å². The largest absolute Gasteiger partial charge is 0.482 e. The molecule has 0 amide bonds. The van der Waals surface area contributed by atoms with E-state index in [9.17, 15) is 5.11 Å². The molecule has 21 heavy (non-hydrogen) atoms. The van der Waals surface area contributed by atoms with Crippen LogP contribution in [0.2, 0.25) is 0 Å². The number of ether oxygens (including phenoxy) is 1. The van der Waals surface area contributed by atoms with Crippen LogP contribution < -0.4 is 0 Å². The Labute approximate surface area is 124 Å². The predicted octanol–water partition coefficient (Wildman–Crippen LogP) is 3.74. The van der Waals surface area contributed by atoms with Crippen molar-refractivity contribution in [1.29, 1.82) is 0 Å². The number of rotatable bonds is 0. The van der Waals surface area contributed by atoms with Gasteiger partial charge in [-0.1, -0.05) is 48.5 Å². The molecule has 2 heteroatoms. The average molecular weight is 278 g/mol. The van der Waals surface area contributed by atoms with Gasteiger partial charge in [-0.05, 0) is 25.0 Å². The van der Waals surface area contributed by atoms with Crippen molar-refractivity contribution in [2.24, 2.45) is 0 Å². The molecule has 2 nitrogen and oxygen atoms in total. The van der Waals surface area contributed by atoms with Crippen LogP contribution in [0.15, 0.2) is 48.5 Å². The third-order valence-corrected chi connectivity index (χ3v) is 4.48. The Hall–Kier alpha value is -2.06. The van der Waals surface area contributed by atoms with E-state index in [0.717, 1.165) is 33.6 Å². The summed E-state index contributed by atoms with van der Waals surface area (Å²) in [5.41, 5.74) is 5.07. The van der Waals surface area contributed by atoms with E-state index in [1.807, 2.05) is 24.3 Å². The standard InChI is InChI=1S/C19H18O2/c1-19(2)15-10-6-5-9-14(15)17-16(20)11-12-7-3-4-8-13(12)18(17)21-19/h3-10,16,20H,11H2,1-2H3. The molecule has 2 aromatic rings. The van der Waals surface area contributed by atoms with Gasteiger partial charge in [0.2, 0.25) is 0 Å². The minimum atomic E-state index is -0.507. The normalized spacial score (nSPS) is 22.0. The fraction of sp³-hybridized carbons (Fsp3) is 0.263. The van der Waals surface area contributed by atoms with E-state index in [2.05, 4.69) is 38.1 Å². The summed E-state index contributed by atoms with van der Waals surface area (Å²) >= 11 is 0. The van der Waals surface area contributed by atoms with E-state index < -0.39 is 6.10 Å². The molecule has 0 aromatic heterocycles. The zero-order valence-electron chi connectivity index (χ0n) is 12.3. The molecule has 0 saturated heterocycles. The summed E-state index contributed by atoms with van der Waals surface area (Å²) in [5, 5.41) is 10.6. The highest BCUT2D eigenvalue weighted by molar-refractivity contribution is 5.94. The smallest absolute Gasteiger partial charge is 0.134 e. The Morgan fingerprint density at radius 3 is 2.48 bits per heavy atom. The van der Waals surface area contributed by atoms with Crippen LogP contribution in [-0.2, 0) is 16.8 Å². The molecule has 1 aliphatic heterocycles. The van der Waals surface area contributed by atoms with Crippen LogP contribution in [0.25, 0.3) is 11.3 Å². The summed E-state index contributed by atoms with van der Waals surface area (Å²) in [6, 6.07) is 16.4. The highest BCUT2D eigenvalue weighted by Gasteiger charge is 2.39. The number of hydrogen-bond acceptors (Lipinski definition) is 2. The van der Waals surface area contributed by atoms with Gasteiger partial charge in [0.05, 0.1) is 6.10 Å². The van der Waals surface area contributed by atoms with E-state index in [0.29, 0.717) is 6.42 Å². The molecule has 0 bridgehead atoms. The Morgan fingerprint density at radius 2 is 1.67 bits per heavy atom. The lowest BCUT2D eigenvalue weighted by molar-refractivity contribution is 0.0680. The zero-order valence-corrected chi connectivity index (χ0v) is 12.3. The van der Waals surface area contributed by atoms with Crippen molar-refractivity contribution >= 4 is 11.3 Å². The third-order valence-electron chi connectivity index (χ3n) is 4.48. The number of benzene rings is 2. The van der Waals surface area contributed by atoms with Gasteiger partial charge in [0.1, 0.15) is 11.4 Å². The van der Waals surface area contributed by atoms with E-state index in [-0.39, 0.29) is 5.60 Å². The van der Waals surface area contributed by atoms with Crippen molar-refractivity contribution in [3.8, 4) is 0 Å². The zero-order chi connectivity index (χ0) is 14.6. The molecular formula is C19H18O2. The number of aliphatic hydroxyl groups excluding tert-OH is 1. The van der Waals surface area contributed by atoms with Crippen molar-refractivity contribution in [1.82, 2.24) is 0 Å². The molecule has 2 aromatic carbocycles. The Balaban J connectivity index is 2.04. The van der Waals surface area contributed by atoms with Gasteiger partial charge in [0.25, 0.3) is 0 Å². The highest BCUT2D eigenvalue weighted by Crippen LogP contribution is 2.48. The van der Waals surface area contributed by atoms with Gasteiger partial charge in [0, 0.05) is 23.1 Å². The van der Waals surface area contributed by atoms with Crippen LogP contribution >= 0.6 is 0 Å². The quantitative estimate of drug-likeness (QED) is 0.795. The molecule has 1 atom stereocenters. The van der Waals surface area contributed by atoms with Gasteiger partial charge in [-0.3, -0.25) is 0 Å². The number of fused-ring (bicyclic) bond motifs is 4. The molecular weight excluding hydrogens is 260 g/mol. The van der Waals surface area contributed by atoms with E-state index in [4.69, 9.17) is 4.74 Å². The van der Waals surface area contributed by atoms with Crippen molar-refractivity contribution in [3.05, 3.63) is 70.8 Å². The first-order chi connectivity index (χ1) is 10.1. The van der Waals surface area contributed by atoms with Crippen molar-refractivity contribution < 1.29 is 9.84 Å². The maximum atomic E-state index is 10.6. The molecule has 1 aliphatic carbocycles. The number of hydrogen-bond donors (Lipinski definition) is 1. The number of aliphatic hydroxyl groups is 1. The SMILES string of the molecule is CC1(C)OC2=C(c3ccccc31)C(O)Cc1ccccc12. The monoisotopic (exact) mass is 278 g/mol. The van der Waals surface area contributed by atoms with Crippen molar-refractivity contribution in [3.63, 3.8) is 0 Å². The van der Waals surface area contributed by atoms with Crippen LogP contribution in [0.5, 0.6) is 0 Å². The molecule has 1 heterocycles. The molecule has 4 rings (SSSR count). The second-order valence-corrected chi connectivity index (χ2v) is 6.28. The second kappa shape index (κ2) is 4.22. The van der Waals surface area contributed by atoms with E-state index >= 15 is 0 Å². The predicted molar refractivity (Wildman–Crippen MR) is 83.5 cm³/mol. The summed E-state index contributed by atoms with van der Waals surface area (Å²) in [6.45, 7) is 4.17. The molecule has 1 unspecified atom stereocenters. The van der Waals surface area contributed by atoms with Gasteiger partial charge >= 0.3 is 0 Å². The fourth-order valence-electron chi connectivity index (χ4n) is 3.49. The molecule has 2 aliphatic rings. The summed E-state index contributed by atoms with van der Waals surface area (Å²) in [5.74, 6) is 0.841. The summed E-state index contributed by atoms with van der Waals surface area (Å²) in [4.78, 5) is 0. The summed E-state index contributed by atoms with van der Waals surface area (Å²) < 4.78 is 6.32. The molecule has 0 fully saturated rings. The van der Waals surface area contributed by atoms with Crippen LogP contribution in [0, 0.1) is 0 Å². The fourth-order valence-corrected chi connectivity index (χ4v) is 3.49. The first-order valence-corrected chi connectivity index (χ1v) is 7.37. The lowest BCUT2D eigenvalue weighted by atomic mass is 9.78. The van der Waals surface area contributed by atoms with Gasteiger partial charge in [-0.25, -0.2) is 0 Å². The molecule has 0 radical (unpaired) electrons. The lowest BCUT2D eigenvalue weighted by Crippen LogP contribution is -2.32. The first kappa shape index (κ1) is 12.7. The van der Waals surface area contributed by atoms with Crippen molar-refractivity contribution in [2.45, 2.75) is 32.0 Å². The topological polar surface area (TPSA) is 29.5 Å². The van der Waals surface area contributed by atoms with Crippen LogP contribution in [0.1, 0.15) is 36.1 Å². The molecule has 0 spiro atoms. The van der Waals surface area contributed by atoms with E-state index in [1.54, 1.807) is 0 Å². The minimum Gasteiger partial charge on any atom is -0.482 e. The summed E-state index contributed by atoms with van der Waals surface area (Å²) in [6.07, 6.45) is 0.139. The van der Waals surface area contributed by atoms with Crippen LogP contribution in [-0.4, -0.2) is 11.2 Å². The molecule has 0 saturated carbocycles. The molecule has 106 valence electrons. The van der Waals surface area contributed by atoms with Crippen LogP contribution in [0.4, 0.5) is 0 Å². The minimum absolute atomic E-state index is 0.389. The van der Waals surface area contributed by atoms with Gasteiger partial charge < -0.3 is 9.84 Å². The Kier molecular flexibility index (Phi) is 2.54. The Morgan fingerprint density at radius 1 is 1.00 bits per heavy atom. The first-order valence-electron chi connectivity index (χ1n) is 7.37. The lowest BCUT2D eigenvalue weighted by Gasteiger charge is -2.40. The van der Waals surface area contributed by atoms with Crippen LogP contribution in [0.3, 0.4) is 0 Å². The van der Waals surface area contributed by atoms with Gasteiger partial charge in [0.15, 0.2) is 0 Å². The summed E-state index contributed by atoms with van der Waals surface area (Å²) in [7, 11) is 0. The third kappa shape index (κ3) is 1.76. The highest BCUT2D eigenvalue weighted by atomic mass is 16.5. The Bertz CT molecular complexity index is 756. The maximum Gasteiger partial charge on any atom is 0.134 e. The van der Waals surface area contributed by atoms with E-state index in [1.165, 1.54) is 0 Å². The van der Waals surface area contributed by atoms with Crippen molar-refractivity contribution in [2.75, 3.05) is 0 Å². The maximum absolute atomic E-state index is 10.6. The molecule has 1 N–H and O–H groups in total. The second-order valence-electron chi connectivity index (χ2n) is 6.28.